The molecule has 0 unspecified atom stereocenters. The summed E-state index contributed by atoms with van der Waals surface area (Å²) in [5, 5.41) is 24.7. The van der Waals surface area contributed by atoms with Gasteiger partial charge in [0.05, 0.1) is 0 Å². The van der Waals surface area contributed by atoms with Crippen molar-refractivity contribution in [1.82, 2.24) is 5.32 Å². The number of amides is 1. The molecular weight excluding hydrogens is 153 g/mol. The van der Waals surface area contributed by atoms with Crippen LogP contribution in [0.2, 0.25) is 0 Å². The van der Waals surface area contributed by atoms with Crippen molar-refractivity contribution in [3.8, 4) is 0 Å². The topological polar surface area (TPSA) is 99.0 Å². The van der Waals surface area contributed by atoms with Gasteiger partial charge in [0.1, 0.15) is 0 Å². The van der Waals surface area contributed by atoms with Gasteiger partial charge in [0, 0.05) is 13.0 Å². The fourth-order valence-corrected chi connectivity index (χ4v) is 0.565. The van der Waals surface area contributed by atoms with E-state index in [0.717, 1.165) is 19.4 Å². The maximum absolute atomic E-state index is 10.1. The molecule has 1 aliphatic heterocycles. The SMILES string of the molecule is O=C1CCCN1.OOB(O)O. The highest BCUT2D eigenvalue weighted by Gasteiger charge is 2.05. The minimum atomic E-state index is -2.06. The average Bonchev–Trinajstić information content (AvgIpc) is 2.41. The van der Waals surface area contributed by atoms with E-state index in [-0.39, 0.29) is 5.91 Å². The summed E-state index contributed by atoms with van der Waals surface area (Å²) in [5.74, 6) is 0.204. The normalized spacial score (nSPS) is 15.0. The van der Waals surface area contributed by atoms with Gasteiger partial charge in [-0.2, -0.15) is 0 Å². The van der Waals surface area contributed by atoms with Crippen LogP contribution in [-0.2, 0) is 9.60 Å². The molecule has 0 radical (unpaired) electrons. The van der Waals surface area contributed by atoms with Crippen molar-refractivity contribution < 1.29 is 24.9 Å². The molecular formula is C4H10BNO5. The van der Waals surface area contributed by atoms with Crippen LogP contribution in [0, 0.1) is 0 Å². The molecule has 1 fully saturated rings. The first-order valence-corrected chi connectivity index (χ1v) is 3.10. The zero-order chi connectivity index (χ0) is 8.69. The summed E-state index contributed by atoms with van der Waals surface area (Å²) in [6, 6.07) is 0. The maximum Gasteiger partial charge on any atom is 0.662 e. The van der Waals surface area contributed by atoms with E-state index in [1.807, 2.05) is 0 Å². The van der Waals surface area contributed by atoms with Crippen LogP contribution < -0.4 is 5.32 Å². The Morgan fingerprint density at radius 1 is 1.55 bits per heavy atom. The highest BCUT2D eigenvalue weighted by atomic mass is 17.1. The largest absolute Gasteiger partial charge is 0.662 e. The zero-order valence-corrected chi connectivity index (χ0v) is 5.86. The lowest BCUT2D eigenvalue weighted by Gasteiger charge is -1.82. The summed E-state index contributed by atoms with van der Waals surface area (Å²) in [6.45, 7) is 0.888. The summed E-state index contributed by atoms with van der Waals surface area (Å²) in [7, 11) is -2.06. The molecule has 1 aliphatic rings. The van der Waals surface area contributed by atoms with Crippen molar-refractivity contribution in [1.29, 1.82) is 0 Å². The minimum absolute atomic E-state index is 0.204. The van der Waals surface area contributed by atoms with Crippen LogP contribution in [0.3, 0.4) is 0 Å². The van der Waals surface area contributed by atoms with Crippen molar-refractivity contribution in [3.05, 3.63) is 0 Å². The van der Waals surface area contributed by atoms with Gasteiger partial charge in [-0.15, -0.1) is 0 Å². The highest BCUT2D eigenvalue weighted by Crippen LogP contribution is 1.93. The molecule has 7 heteroatoms. The van der Waals surface area contributed by atoms with Gasteiger partial charge in [-0.05, 0) is 6.42 Å². The van der Waals surface area contributed by atoms with E-state index in [2.05, 4.69) is 10.1 Å². The Labute approximate surface area is 63.9 Å². The lowest BCUT2D eigenvalue weighted by molar-refractivity contribution is -0.173. The molecule has 0 saturated carbocycles. The zero-order valence-electron chi connectivity index (χ0n) is 5.86. The van der Waals surface area contributed by atoms with Gasteiger partial charge in [-0.1, -0.05) is 0 Å². The summed E-state index contributed by atoms with van der Waals surface area (Å²) in [6.07, 6.45) is 1.76. The van der Waals surface area contributed by atoms with Crippen LogP contribution in [0.25, 0.3) is 0 Å². The van der Waals surface area contributed by atoms with Gasteiger partial charge < -0.3 is 15.4 Å². The molecule has 0 aromatic heterocycles. The molecule has 1 saturated heterocycles. The van der Waals surface area contributed by atoms with Gasteiger partial charge in [0.2, 0.25) is 5.91 Å². The smallest absolute Gasteiger partial charge is 0.400 e. The first-order valence-electron chi connectivity index (χ1n) is 3.10. The molecule has 0 aliphatic carbocycles. The third-order valence-corrected chi connectivity index (χ3v) is 0.997. The van der Waals surface area contributed by atoms with E-state index >= 15 is 0 Å². The Hall–Kier alpha value is -0.625. The van der Waals surface area contributed by atoms with E-state index in [1.54, 1.807) is 0 Å². The highest BCUT2D eigenvalue weighted by molar-refractivity contribution is 6.32. The number of carbonyl (C=O) groups excluding carboxylic acids is 1. The average molecular weight is 163 g/mol. The van der Waals surface area contributed by atoms with Crippen molar-refractivity contribution in [3.63, 3.8) is 0 Å². The van der Waals surface area contributed by atoms with Gasteiger partial charge >= 0.3 is 7.32 Å². The van der Waals surface area contributed by atoms with Crippen LogP contribution in [0.4, 0.5) is 0 Å². The first kappa shape index (κ1) is 10.4. The molecule has 1 heterocycles. The molecule has 0 bridgehead atoms. The van der Waals surface area contributed by atoms with Crippen LogP contribution in [0.5, 0.6) is 0 Å². The van der Waals surface area contributed by atoms with Crippen molar-refractivity contribution in [2.45, 2.75) is 12.8 Å². The second kappa shape index (κ2) is 6.11. The van der Waals surface area contributed by atoms with E-state index < -0.39 is 7.32 Å². The summed E-state index contributed by atoms with van der Waals surface area (Å²) < 4.78 is 0. The maximum atomic E-state index is 10.1. The van der Waals surface area contributed by atoms with Gasteiger partial charge in [0.15, 0.2) is 0 Å². The van der Waals surface area contributed by atoms with Gasteiger partial charge in [-0.25, -0.2) is 4.81 Å². The molecule has 0 aromatic carbocycles. The van der Waals surface area contributed by atoms with E-state index in [4.69, 9.17) is 15.3 Å². The number of hydrogen-bond acceptors (Lipinski definition) is 5. The molecule has 0 atom stereocenters. The molecule has 0 spiro atoms. The van der Waals surface area contributed by atoms with Crippen molar-refractivity contribution >= 4 is 13.2 Å². The number of nitrogens with one attached hydrogen (secondary N) is 1. The van der Waals surface area contributed by atoms with Crippen LogP contribution in [0.15, 0.2) is 0 Å². The Kier molecular flexibility index (Phi) is 5.76. The number of carbonyl (C=O) groups is 1. The Balaban J connectivity index is 0.000000187. The number of rotatable bonds is 1. The minimum Gasteiger partial charge on any atom is -0.400 e. The molecule has 6 nitrogen and oxygen atoms in total. The predicted octanol–water partition coefficient (Wildman–Crippen LogP) is -1.66. The summed E-state index contributed by atoms with van der Waals surface area (Å²) in [4.78, 5) is 13.0. The Morgan fingerprint density at radius 2 is 2.09 bits per heavy atom. The fraction of sp³-hybridized carbons (Fsp3) is 0.750. The van der Waals surface area contributed by atoms with Crippen molar-refractivity contribution in [2.75, 3.05) is 6.54 Å². The lowest BCUT2D eigenvalue weighted by Crippen LogP contribution is -2.13. The molecule has 64 valence electrons. The van der Waals surface area contributed by atoms with Crippen LogP contribution in [0.1, 0.15) is 12.8 Å². The molecule has 0 aromatic rings. The second-order valence-electron chi connectivity index (χ2n) is 1.89. The van der Waals surface area contributed by atoms with E-state index in [0.29, 0.717) is 0 Å². The van der Waals surface area contributed by atoms with Crippen LogP contribution in [-0.4, -0.2) is 35.1 Å². The quantitative estimate of drug-likeness (QED) is 0.210. The molecule has 4 N–H and O–H groups in total. The Morgan fingerprint density at radius 3 is 2.18 bits per heavy atom. The predicted molar refractivity (Wildman–Crippen MR) is 36.1 cm³/mol. The van der Waals surface area contributed by atoms with Gasteiger partial charge in [-0.3, -0.25) is 10.1 Å². The summed E-state index contributed by atoms with van der Waals surface area (Å²) in [5.41, 5.74) is 0. The standard InChI is InChI=1S/C4H7NO.BH3O4/c6-4-2-1-3-5-4;2-1(3)5-4/h1-3H2,(H,5,6);2-4H. The number of hydrogen-bond donors (Lipinski definition) is 4. The van der Waals surface area contributed by atoms with Crippen molar-refractivity contribution in [2.24, 2.45) is 0 Å². The van der Waals surface area contributed by atoms with E-state index in [1.165, 1.54) is 0 Å². The fourth-order valence-electron chi connectivity index (χ4n) is 0.565. The Bertz CT molecular complexity index is 111. The van der Waals surface area contributed by atoms with Gasteiger partial charge in [0.25, 0.3) is 0 Å². The summed E-state index contributed by atoms with van der Waals surface area (Å²) >= 11 is 0. The molecule has 1 amide bonds. The van der Waals surface area contributed by atoms with E-state index in [9.17, 15) is 4.79 Å². The second-order valence-corrected chi connectivity index (χ2v) is 1.89. The monoisotopic (exact) mass is 163 g/mol. The third-order valence-electron chi connectivity index (χ3n) is 0.997. The molecule has 1 rings (SSSR count). The third kappa shape index (κ3) is 7.27. The first-order chi connectivity index (χ1) is 5.16. The van der Waals surface area contributed by atoms with Crippen LogP contribution >= 0.6 is 0 Å². The lowest BCUT2D eigenvalue weighted by atomic mass is 10.3. The molecule has 11 heavy (non-hydrogen) atoms.